The van der Waals surface area contributed by atoms with E-state index in [-0.39, 0.29) is 0 Å². The highest BCUT2D eigenvalue weighted by Gasteiger charge is 2.21. The highest BCUT2D eigenvalue weighted by Crippen LogP contribution is 2.38. The van der Waals surface area contributed by atoms with Crippen LogP contribution in [0.5, 0.6) is 11.5 Å². The van der Waals surface area contributed by atoms with Crippen LogP contribution in [0.4, 0.5) is 0 Å². The van der Waals surface area contributed by atoms with E-state index in [0.29, 0.717) is 22.4 Å². The molecule has 0 N–H and O–H groups in total. The Hall–Kier alpha value is -2.96. The van der Waals surface area contributed by atoms with E-state index in [9.17, 15) is 0 Å². The maximum absolute atomic E-state index is 6.91. The van der Waals surface area contributed by atoms with Crippen LogP contribution in [0.1, 0.15) is 11.4 Å². The Morgan fingerprint density at radius 2 is 1.42 bits per heavy atom. The summed E-state index contributed by atoms with van der Waals surface area (Å²) in [6.07, 6.45) is 0. The molecule has 8 heteroatoms. The van der Waals surface area contributed by atoms with E-state index in [1.54, 1.807) is 14.2 Å². The fourth-order valence-electron chi connectivity index (χ4n) is 3.48. The van der Waals surface area contributed by atoms with Gasteiger partial charge in [0.15, 0.2) is 0 Å². The monoisotopic (exact) mass is 456 g/mol. The van der Waals surface area contributed by atoms with Gasteiger partial charge in [-0.05, 0) is 38.1 Å². The number of rotatable bonds is 6. The van der Waals surface area contributed by atoms with E-state index in [4.69, 9.17) is 37.8 Å². The highest BCUT2D eigenvalue weighted by molar-refractivity contribution is 6.35. The summed E-state index contributed by atoms with van der Waals surface area (Å²) >= 11 is 13.3. The number of benzene rings is 2. The molecule has 0 saturated carbocycles. The fraction of sp³-hybridized carbons (Fsp3) is 0.217. The molecule has 2 aromatic carbocycles. The molecule has 0 amide bonds. The van der Waals surface area contributed by atoms with Crippen LogP contribution in [0.2, 0.25) is 10.0 Å². The highest BCUT2D eigenvalue weighted by atomic mass is 35.5. The molecule has 4 rings (SSSR count). The lowest BCUT2D eigenvalue weighted by Gasteiger charge is -2.11. The van der Waals surface area contributed by atoms with Crippen molar-refractivity contribution in [3.8, 4) is 34.0 Å². The van der Waals surface area contributed by atoms with Gasteiger partial charge in [-0.3, -0.25) is 0 Å². The van der Waals surface area contributed by atoms with Gasteiger partial charge in [-0.2, -0.15) is 10.2 Å². The molecule has 0 aliphatic rings. The Balaban J connectivity index is 1.90. The molecule has 0 fully saturated rings. The summed E-state index contributed by atoms with van der Waals surface area (Å²) in [5.74, 6) is 1.47. The van der Waals surface area contributed by atoms with Crippen molar-refractivity contribution < 1.29 is 9.47 Å². The number of methoxy groups -OCH3 is 2. The Bertz CT molecular complexity index is 1250. The van der Waals surface area contributed by atoms with Crippen molar-refractivity contribution in [2.75, 3.05) is 14.2 Å². The maximum Gasteiger partial charge on any atom is 0.134 e. The van der Waals surface area contributed by atoms with Crippen molar-refractivity contribution in [2.24, 2.45) is 0 Å². The molecule has 6 nitrogen and oxygen atoms in total. The minimum Gasteiger partial charge on any atom is -0.497 e. The average molecular weight is 457 g/mol. The molecule has 2 aromatic heterocycles. The normalized spacial score (nSPS) is 11.0. The molecular weight excluding hydrogens is 435 g/mol. The molecular formula is C23H22Cl2N4O2. The third-order valence-corrected chi connectivity index (χ3v) is 6.05. The molecule has 2 heterocycles. The van der Waals surface area contributed by atoms with Gasteiger partial charge in [-0.1, -0.05) is 47.5 Å². The molecule has 31 heavy (non-hydrogen) atoms. The molecule has 4 aromatic rings. The van der Waals surface area contributed by atoms with Crippen LogP contribution in [0.3, 0.4) is 0 Å². The number of hydrogen-bond donors (Lipinski definition) is 0. The maximum atomic E-state index is 6.91. The summed E-state index contributed by atoms with van der Waals surface area (Å²) in [4.78, 5) is 0. The molecule has 0 aliphatic heterocycles. The summed E-state index contributed by atoms with van der Waals surface area (Å²) in [5.41, 5.74) is 4.81. The van der Waals surface area contributed by atoms with Crippen molar-refractivity contribution in [1.29, 1.82) is 0 Å². The average Bonchev–Trinajstić information content (AvgIpc) is 3.24. The number of hydrogen-bond acceptors (Lipinski definition) is 4. The Morgan fingerprint density at radius 1 is 0.806 bits per heavy atom. The summed E-state index contributed by atoms with van der Waals surface area (Å²) < 4.78 is 14.4. The van der Waals surface area contributed by atoms with Crippen LogP contribution in [0, 0.1) is 13.8 Å². The molecule has 160 valence electrons. The van der Waals surface area contributed by atoms with E-state index >= 15 is 0 Å². The second kappa shape index (κ2) is 8.65. The Kier molecular flexibility index (Phi) is 5.94. The topological polar surface area (TPSA) is 54.1 Å². The van der Waals surface area contributed by atoms with Gasteiger partial charge in [0.1, 0.15) is 23.9 Å². The zero-order valence-electron chi connectivity index (χ0n) is 17.7. The van der Waals surface area contributed by atoms with Crippen LogP contribution in [-0.2, 0) is 6.67 Å². The molecule has 0 bridgehead atoms. The molecule has 0 spiro atoms. The van der Waals surface area contributed by atoms with Crippen molar-refractivity contribution in [3.63, 3.8) is 0 Å². The second-order valence-corrected chi connectivity index (χ2v) is 7.86. The van der Waals surface area contributed by atoms with Crippen molar-refractivity contribution >= 4 is 23.2 Å². The summed E-state index contributed by atoms with van der Waals surface area (Å²) in [7, 11) is 3.27. The van der Waals surface area contributed by atoms with Crippen LogP contribution < -0.4 is 9.47 Å². The van der Waals surface area contributed by atoms with E-state index < -0.39 is 0 Å². The zero-order chi connectivity index (χ0) is 22.1. The van der Waals surface area contributed by atoms with Gasteiger partial charge in [0, 0.05) is 11.1 Å². The number of aryl methyl sites for hydroxylation is 1. The van der Waals surface area contributed by atoms with E-state index in [2.05, 4.69) is 5.10 Å². The van der Waals surface area contributed by atoms with E-state index in [1.165, 1.54) is 0 Å². The minimum absolute atomic E-state index is 0.357. The van der Waals surface area contributed by atoms with Crippen molar-refractivity contribution in [2.45, 2.75) is 20.5 Å². The third kappa shape index (κ3) is 4.01. The SMILES string of the molecule is COc1cccc(-c2nn(Cn3nc(C)c(Cl)c3C)c(-c3cccc(OC)c3)c2Cl)c1. The van der Waals surface area contributed by atoms with Gasteiger partial charge < -0.3 is 9.47 Å². The second-order valence-electron chi connectivity index (χ2n) is 7.10. The van der Waals surface area contributed by atoms with Gasteiger partial charge >= 0.3 is 0 Å². The largest absolute Gasteiger partial charge is 0.497 e. The van der Waals surface area contributed by atoms with Gasteiger partial charge in [0.2, 0.25) is 0 Å². The first kappa shape index (κ1) is 21.3. The number of nitrogens with zero attached hydrogens (tertiary/aromatic N) is 4. The Morgan fingerprint density at radius 3 is 2.00 bits per heavy atom. The lowest BCUT2D eigenvalue weighted by Crippen LogP contribution is -2.13. The summed E-state index contributed by atoms with van der Waals surface area (Å²) in [6, 6.07) is 15.4. The first-order chi connectivity index (χ1) is 14.9. The number of halogens is 2. The first-order valence-corrected chi connectivity index (χ1v) is 10.4. The Labute approximate surface area is 190 Å². The zero-order valence-corrected chi connectivity index (χ0v) is 19.2. The predicted octanol–water partition coefficient (Wildman–Crippen LogP) is 5.86. The van der Waals surface area contributed by atoms with Gasteiger partial charge in [0.25, 0.3) is 0 Å². The fourth-order valence-corrected chi connectivity index (χ4v) is 3.97. The van der Waals surface area contributed by atoms with Crippen LogP contribution in [0.15, 0.2) is 48.5 Å². The first-order valence-electron chi connectivity index (χ1n) is 9.67. The molecule has 0 saturated heterocycles. The van der Waals surface area contributed by atoms with Gasteiger partial charge in [-0.15, -0.1) is 0 Å². The van der Waals surface area contributed by atoms with Gasteiger partial charge in [-0.25, -0.2) is 9.36 Å². The predicted molar refractivity (Wildman–Crippen MR) is 123 cm³/mol. The van der Waals surface area contributed by atoms with Crippen LogP contribution in [0.25, 0.3) is 22.5 Å². The van der Waals surface area contributed by atoms with Crippen molar-refractivity contribution in [1.82, 2.24) is 19.6 Å². The minimum atomic E-state index is 0.357. The summed E-state index contributed by atoms with van der Waals surface area (Å²) in [6.45, 7) is 4.17. The standard InChI is InChI=1S/C23H22Cl2N4O2/c1-14-20(24)15(2)28(26-14)13-29-23(17-8-6-10-19(12-17)31-4)21(25)22(27-29)16-7-5-9-18(11-16)30-3/h5-12H,13H2,1-4H3. The third-order valence-electron chi connectivity index (χ3n) is 5.14. The molecule has 0 aliphatic carbocycles. The number of aromatic nitrogens is 4. The quantitative estimate of drug-likeness (QED) is 0.364. The molecule has 0 unspecified atom stereocenters. The summed E-state index contributed by atoms with van der Waals surface area (Å²) in [5, 5.41) is 10.6. The van der Waals surface area contributed by atoms with Gasteiger partial charge in [0.05, 0.1) is 41.3 Å². The lowest BCUT2D eigenvalue weighted by atomic mass is 10.1. The van der Waals surface area contributed by atoms with E-state index in [1.807, 2.05) is 71.7 Å². The number of ether oxygens (including phenoxy) is 2. The van der Waals surface area contributed by atoms with Crippen LogP contribution >= 0.6 is 23.2 Å². The molecule has 0 radical (unpaired) electrons. The van der Waals surface area contributed by atoms with Crippen LogP contribution in [-0.4, -0.2) is 33.8 Å². The van der Waals surface area contributed by atoms with Crippen molar-refractivity contribution in [3.05, 3.63) is 70.0 Å². The molecule has 0 atom stereocenters. The van der Waals surface area contributed by atoms with E-state index in [0.717, 1.165) is 39.7 Å². The smallest absolute Gasteiger partial charge is 0.134 e. The lowest BCUT2D eigenvalue weighted by molar-refractivity contribution is 0.414.